The zero-order valence-corrected chi connectivity index (χ0v) is 26.6. The highest BCUT2D eigenvalue weighted by molar-refractivity contribution is 6.14. The molecule has 7 atom stereocenters. The van der Waals surface area contributed by atoms with Gasteiger partial charge >= 0.3 is 23.9 Å². The molecule has 1 spiro atoms. The molecule has 9 nitrogen and oxygen atoms in total. The lowest BCUT2D eigenvalue weighted by atomic mass is 9.59. The van der Waals surface area contributed by atoms with Crippen LogP contribution in [0.3, 0.4) is 0 Å². The third-order valence-corrected chi connectivity index (χ3v) is 9.70. The molecule has 2 aliphatic carbocycles. The van der Waals surface area contributed by atoms with E-state index in [0.717, 1.165) is 32.1 Å². The first-order chi connectivity index (χ1) is 20.9. The van der Waals surface area contributed by atoms with E-state index in [9.17, 15) is 24.3 Å². The molecule has 0 aromatic heterocycles. The summed E-state index contributed by atoms with van der Waals surface area (Å²) in [6.45, 7) is 9.16. The van der Waals surface area contributed by atoms with Crippen LogP contribution >= 0.6 is 0 Å². The zero-order chi connectivity index (χ0) is 31.9. The molecule has 0 radical (unpaired) electrons. The van der Waals surface area contributed by atoms with Gasteiger partial charge in [-0.25, -0.2) is 9.59 Å². The lowest BCUT2D eigenvalue weighted by Crippen LogP contribution is -2.60. The molecule has 0 amide bonds. The third kappa shape index (κ3) is 5.73. The summed E-state index contributed by atoms with van der Waals surface area (Å²) in [7, 11) is 0. The normalized spacial score (nSPS) is 33.3. The molecule has 2 fully saturated rings. The number of cyclic esters (lactones) is 2. The number of esters is 4. The number of unbranched alkanes of at least 4 members (excludes halogenated alkanes) is 3. The number of rotatable bonds is 12. The van der Waals surface area contributed by atoms with Gasteiger partial charge in [0.15, 0.2) is 0 Å². The van der Waals surface area contributed by atoms with Gasteiger partial charge in [-0.3, -0.25) is 9.59 Å². The smallest absolute Gasteiger partial charge is 0.343 e. The molecule has 0 unspecified atom stereocenters. The van der Waals surface area contributed by atoms with Crippen LogP contribution in [0.4, 0.5) is 0 Å². The Kier molecular flexibility index (Phi) is 9.11. The van der Waals surface area contributed by atoms with Gasteiger partial charge in [0.05, 0.1) is 35.7 Å². The van der Waals surface area contributed by atoms with Crippen LogP contribution in [0.5, 0.6) is 0 Å². The average molecular weight is 611 g/mol. The summed E-state index contributed by atoms with van der Waals surface area (Å²) in [5.74, 6) is -5.71. The van der Waals surface area contributed by atoms with Gasteiger partial charge in [0.2, 0.25) is 5.79 Å². The van der Waals surface area contributed by atoms with Crippen molar-refractivity contribution in [2.45, 2.75) is 122 Å². The maximum atomic E-state index is 14.1. The van der Waals surface area contributed by atoms with Gasteiger partial charge in [-0.05, 0) is 85.0 Å². The number of allylic oxidation sites excluding steroid dienone is 5. The first kappa shape index (κ1) is 32.4. The van der Waals surface area contributed by atoms with Gasteiger partial charge in [0.25, 0.3) is 0 Å². The van der Waals surface area contributed by atoms with E-state index >= 15 is 0 Å². The molecule has 2 saturated heterocycles. The van der Waals surface area contributed by atoms with Crippen LogP contribution in [0.2, 0.25) is 0 Å². The second-order valence-electron chi connectivity index (χ2n) is 13.8. The minimum Gasteiger partial charge on any atom is -0.460 e. The van der Waals surface area contributed by atoms with Gasteiger partial charge in [-0.2, -0.15) is 0 Å². The molecule has 5 bridgehead atoms. The first-order valence-corrected chi connectivity index (χ1v) is 16.1. The van der Waals surface area contributed by atoms with Crippen LogP contribution in [-0.2, 0) is 38.1 Å². The molecule has 0 saturated carbocycles. The Morgan fingerprint density at radius 3 is 2.52 bits per heavy atom. The maximum absolute atomic E-state index is 14.1. The van der Waals surface area contributed by atoms with Gasteiger partial charge in [0, 0.05) is 12.0 Å². The SMILES string of the molecule is C/C=C/CCCCC[C@H]1C=C2[C@]3(CC(=O)OC(C)(C)C)CC4=C(C(=O)OC4=O)[C@H]4[C@@H]1C[C@@H]([C@H](O)CC/C=C/C)O[C@@]24OC3=O. The van der Waals surface area contributed by atoms with Crippen molar-refractivity contribution in [2.75, 3.05) is 0 Å². The van der Waals surface area contributed by atoms with Crippen LogP contribution in [0, 0.1) is 23.2 Å². The number of carbonyl (C=O) groups excluding carboxylic acids is 4. The number of carbonyl (C=O) groups is 4. The summed E-state index contributed by atoms with van der Waals surface area (Å²) in [5, 5.41) is 11.3. The van der Waals surface area contributed by atoms with Crippen LogP contribution < -0.4 is 0 Å². The number of hydrogen-bond donors (Lipinski definition) is 1. The fourth-order valence-electron chi connectivity index (χ4n) is 7.90. The van der Waals surface area contributed by atoms with Gasteiger partial charge in [-0.1, -0.05) is 43.2 Å². The van der Waals surface area contributed by atoms with Crippen molar-refractivity contribution < 1.29 is 43.2 Å². The van der Waals surface area contributed by atoms with E-state index in [1.807, 2.05) is 38.2 Å². The number of aliphatic hydroxyl groups excluding tert-OH is 1. The molecule has 240 valence electrons. The first-order valence-electron chi connectivity index (χ1n) is 16.1. The van der Waals surface area contributed by atoms with Crippen molar-refractivity contribution in [3.63, 3.8) is 0 Å². The molecule has 44 heavy (non-hydrogen) atoms. The van der Waals surface area contributed by atoms with Crippen LogP contribution in [0.15, 0.2) is 47.1 Å². The Morgan fingerprint density at radius 2 is 1.82 bits per heavy atom. The lowest BCUT2D eigenvalue weighted by Gasteiger charge is -2.53. The highest BCUT2D eigenvalue weighted by Gasteiger charge is 2.75. The van der Waals surface area contributed by atoms with Crippen LogP contribution in [-0.4, -0.2) is 52.6 Å². The molecular formula is C35H46O9. The summed E-state index contributed by atoms with van der Waals surface area (Å²) in [6, 6.07) is 0. The van der Waals surface area contributed by atoms with Crippen LogP contribution in [0.1, 0.15) is 98.8 Å². The van der Waals surface area contributed by atoms with E-state index in [1.165, 1.54) is 0 Å². The Labute approximate surface area is 259 Å². The largest absolute Gasteiger partial charge is 0.460 e. The fourth-order valence-corrected chi connectivity index (χ4v) is 7.90. The van der Waals surface area contributed by atoms with Crippen LogP contribution in [0.25, 0.3) is 0 Å². The van der Waals surface area contributed by atoms with Crippen molar-refractivity contribution in [1.29, 1.82) is 0 Å². The Balaban J connectivity index is 1.61. The summed E-state index contributed by atoms with van der Waals surface area (Å²) in [5.41, 5.74) is -1.64. The topological polar surface area (TPSA) is 125 Å². The number of aliphatic hydroxyl groups is 1. The van der Waals surface area contributed by atoms with E-state index in [0.29, 0.717) is 24.8 Å². The Morgan fingerprint density at radius 1 is 1.09 bits per heavy atom. The minimum absolute atomic E-state index is 0.0955. The lowest BCUT2D eigenvalue weighted by molar-refractivity contribution is -0.287. The highest BCUT2D eigenvalue weighted by Crippen LogP contribution is 2.67. The predicted molar refractivity (Wildman–Crippen MR) is 160 cm³/mol. The van der Waals surface area contributed by atoms with Gasteiger partial charge in [-0.15, -0.1) is 0 Å². The average Bonchev–Trinajstić information content (AvgIpc) is 3.29. The molecule has 5 rings (SSSR count). The summed E-state index contributed by atoms with van der Waals surface area (Å²) in [6.07, 6.45) is 14.3. The molecule has 9 heteroatoms. The van der Waals surface area contributed by atoms with Crippen molar-refractivity contribution in [3.8, 4) is 0 Å². The van der Waals surface area contributed by atoms with Crippen molar-refractivity contribution in [1.82, 2.24) is 0 Å². The van der Waals surface area contributed by atoms with Crippen molar-refractivity contribution >= 4 is 23.9 Å². The Bertz CT molecular complexity index is 1310. The number of hydrogen-bond acceptors (Lipinski definition) is 9. The van der Waals surface area contributed by atoms with Gasteiger partial charge < -0.3 is 24.1 Å². The summed E-state index contributed by atoms with van der Waals surface area (Å²) >= 11 is 0. The molecule has 1 N–H and O–H groups in total. The Hall–Kier alpha value is -3.04. The molecule has 0 aromatic carbocycles. The molecule has 5 aliphatic rings. The molecular weight excluding hydrogens is 564 g/mol. The highest BCUT2D eigenvalue weighted by atomic mass is 16.7. The van der Waals surface area contributed by atoms with Crippen molar-refractivity contribution in [3.05, 3.63) is 47.1 Å². The monoisotopic (exact) mass is 610 g/mol. The third-order valence-electron chi connectivity index (χ3n) is 9.70. The molecule has 3 aliphatic heterocycles. The van der Waals surface area contributed by atoms with E-state index in [4.69, 9.17) is 18.9 Å². The standard InChI is InChI=1S/C35H46O9/c1-6-8-10-11-12-14-15-21-17-26-34(20-27(37)43-33(3,4)5)19-23-28(31(39)41-30(23)38)29-22(21)18-25(24(36)16-13-9-7-2)42-35(26,29)44-32(34)40/h6-9,17,21-22,24-25,29,36H,10-16,18-20H2,1-5H3/b8-6+,9-7+/t21-,22+,24+,25-,29+,34+,35+/m0/s1. The summed E-state index contributed by atoms with van der Waals surface area (Å²) in [4.78, 5) is 54.0. The predicted octanol–water partition coefficient (Wildman–Crippen LogP) is 5.56. The zero-order valence-electron chi connectivity index (χ0n) is 26.6. The quantitative estimate of drug-likeness (QED) is 0.0993. The molecule has 0 aromatic rings. The van der Waals surface area contributed by atoms with E-state index < -0.39 is 58.8 Å². The fraction of sp³-hybridized carbons (Fsp3) is 0.657. The van der Waals surface area contributed by atoms with E-state index in [-0.39, 0.29) is 35.8 Å². The summed E-state index contributed by atoms with van der Waals surface area (Å²) < 4.78 is 23.7. The second-order valence-corrected chi connectivity index (χ2v) is 13.8. The van der Waals surface area contributed by atoms with Gasteiger partial charge in [0.1, 0.15) is 11.0 Å². The molecule has 3 heterocycles. The second kappa shape index (κ2) is 12.4. The van der Waals surface area contributed by atoms with Crippen molar-refractivity contribution in [2.24, 2.45) is 23.2 Å². The van der Waals surface area contributed by atoms with E-state index in [1.54, 1.807) is 20.8 Å². The number of ether oxygens (including phenoxy) is 4. The minimum atomic E-state index is -1.72. The maximum Gasteiger partial charge on any atom is 0.343 e. The van der Waals surface area contributed by atoms with E-state index in [2.05, 4.69) is 6.08 Å².